The van der Waals surface area contributed by atoms with Gasteiger partial charge in [-0.1, -0.05) is 65.7 Å². The summed E-state index contributed by atoms with van der Waals surface area (Å²) in [7, 11) is 0. The van der Waals surface area contributed by atoms with Crippen LogP contribution in [0.25, 0.3) is 0 Å². The van der Waals surface area contributed by atoms with Gasteiger partial charge in [0.25, 0.3) is 0 Å². The van der Waals surface area contributed by atoms with E-state index in [0.29, 0.717) is 13.2 Å². The van der Waals surface area contributed by atoms with E-state index in [0.717, 1.165) is 57.3 Å². The average Bonchev–Trinajstić information content (AvgIpc) is 2.66. The topological polar surface area (TPSA) is 52.6 Å². The summed E-state index contributed by atoms with van der Waals surface area (Å²) in [6, 6.07) is 0. The maximum atomic E-state index is 12.2. The number of esters is 2. The van der Waals surface area contributed by atoms with Crippen molar-refractivity contribution in [2.75, 3.05) is 13.2 Å². The van der Waals surface area contributed by atoms with E-state index in [1.54, 1.807) is 0 Å². The van der Waals surface area contributed by atoms with Crippen LogP contribution in [0.4, 0.5) is 0 Å². The van der Waals surface area contributed by atoms with E-state index in [1.165, 1.54) is 32.1 Å². The zero-order valence-electron chi connectivity index (χ0n) is 18.0. The Morgan fingerprint density at radius 2 is 1.19 bits per heavy atom. The molecule has 0 aromatic rings. The lowest BCUT2D eigenvalue weighted by molar-refractivity contribution is -0.155. The van der Waals surface area contributed by atoms with Crippen molar-refractivity contribution in [2.24, 2.45) is 17.8 Å². The molecule has 0 heterocycles. The standard InChI is InChI=1S/C23H42O4/c1-4-5-6-10-17-26-22(24)20-13-15-21(16-14-20)23(25)27-18-11-8-7-9-12-19(2)3/h19-21H,4-18H2,1-3H3. The van der Waals surface area contributed by atoms with E-state index in [4.69, 9.17) is 9.47 Å². The summed E-state index contributed by atoms with van der Waals surface area (Å²) in [4.78, 5) is 24.3. The number of hydrogen-bond acceptors (Lipinski definition) is 4. The van der Waals surface area contributed by atoms with Gasteiger partial charge in [0, 0.05) is 0 Å². The largest absolute Gasteiger partial charge is 0.465 e. The molecule has 0 saturated heterocycles. The smallest absolute Gasteiger partial charge is 0.308 e. The van der Waals surface area contributed by atoms with Gasteiger partial charge in [-0.3, -0.25) is 9.59 Å². The van der Waals surface area contributed by atoms with Gasteiger partial charge in [0.2, 0.25) is 0 Å². The van der Waals surface area contributed by atoms with Gasteiger partial charge < -0.3 is 9.47 Å². The summed E-state index contributed by atoms with van der Waals surface area (Å²) in [6.07, 6.45) is 13.3. The zero-order valence-corrected chi connectivity index (χ0v) is 18.0. The molecule has 1 aliphatic carbocycles. The minimum absolute atomic E-state index is 0.0267. The van der Waals surface area contributed by atoms with E-state index in [2.05, 4.69) is 20.8 Å². The van der Waals surface area contributed by atoms with Crippen molar-refractivity contribution < 1.29 is 19.1 Å². The molecule has 0 aromatic heterocycles. The molecule has 0 radical (unpaired) electrons. The van der Waals surface area contributed by atoms with Crippen molar-refractivity contribution >= 4 is 11.9 Å². The van der Waals surface area contributed by atoms with Crippen LogP contribution in [0, 0.1) is 17.8 Å². The Morgan fingerprint density at radius 1 is 0.741 bits per heavy atom. The molecule has 0 aliphatic heterocycles. The molecule has 1 saturated carbocycles. The molecular weight excluding hydrogens is 340 g/mol. The molecular formula is C23H42O4. The number of rotatable bonds is 14. The number of unbranched alkanes of at least 4 members (excludes halogenated alkanes) is 6. The SMILES string of the molecule is CCCCCCOC(=O)C1CCC(C(=O)OCCCCCCC(C)C)CC1. The van der Waals surface area contributed by atoms with Crippen LogP contribution in [0.1, 0.15) is 104 Å². The lowest BCUT2D eigenvalue weighted by Gasteiger charge is -2.26. The Bertz CT molecular complexity index is 397. The minimum atomic E-state index is -0.0697. The Kier molecular flexibility index (Phi) is 13.3. The van der Waals surface area contributed by atoms with Crippen LogP contribution in [-0.4, -0.2) is 25.2 Å². The van der Waals surface area contributed by atoms with Gasteiger partial charge >= 0.3 is 11.9 Å². The Labute approximate surface area is 166 Å². The average molecular weight is 383 g/mol. The van der Waals surface area contributed by atoms with Crippen LogP contribution in [-0.2, 0) is 19.1 Å². The second-order valence-corrected chi connectivity index (χ2v) is 8.54. The third-order valence-corrected chi connectivity index (χ3v) is 5.56. The predicted octanol–water partition coefficient (Wildman–Crippen LogP) is 6.07. The van der Waals surface area contributed by atoms with E-state index in [9.17, 15) is 9.59 Å². The highest BCUT2D eigenvalue weighted by molar-refractivity contribution is 5.75. The molecule has 0 atom stereocenters. The van der Waals surface area contributed by atoms with Crippen molar-refractivity contribution in [3.05, 3.63) is 0 Å². The van der Waals surface area contributed by atoms with E-state index >= 15 is 0 Å². The molecule has 0 spiro atoms. The van der Waals surface area contributed by atoms with Gasteiger partial charge in [-0.05, 0) is 44.4 Å². The molecule has 1 rings (SSSR count). The highest BCUT2D eigenvalue weighted by Gasteiger charge is 2.31. The second-order valence-electron chi connectivity index (χ2n) is 8.54. The molecule has 4 heteroatoms. The van der Waals surface area contributed by atoms with E-state index in [-0.39, 0.29) is 23.8 Å². The maximum Gasteiger partial charge on any atom is 0.308 e. The summed E-state index contributed by atoms with van der Waals surface area (Å²) in [5.74, 6) is 0.584. The monoisotopic (exact) mass is 382 g/mol. The van der Waals surface area contributed by atoms with Crippen LogP contribution in [0.3, 0.4) is 0 Å². The molecule has 158 valence electrons. The molecule has 4 nitrogen and oxygen atoms in total. The van der Waals surface area contributed by atoms with Gasteiger partial charge in [-0.15, -0.1) is 0 Å². The summed E-state index contributed by atoms with van der Waals surface area (Å²) < 4.78 is 10.8. The lowest BCUT2D eigenvalue weighted by atomic mass is 9.82. The van der Waals surface area contributed by atoms with Crippen LogP contribution in [0.2, 0.25) is 0 Å². The molecule has 0 N–H and O–H groups in total. The third kappa shape index (κ3) is 11.4. The Hall–Kier alpha value is -1.06. The quantitative estimate of drug-likeness (QED) is 0.270. The maximum absolute atomic E-state index is 12.2. The number of hydrogen-bond donors (Lipinski definition) is 0. The molecule has 0 bridgehead atoms. The van der Waals surface area contributed by atoms with Crippen LogP contribution in [0.5, 0.6) is 0 Å². The molecule has 0 unspecified atom stereocenters. The van der Waals surface area contributed by atoms with Crippen molar-refractivity contribution in [3.8, 4) is 0 Å². The minimum Gasteiger partial charge on any atom is -0.465 e. The first-order chi connectivity index (χ1) is 13.0. The van der Waals surface area contributed by atoms with Crippen molar-refractivity contribution in [2.45, 2.75) is 104 Å². The van der Waals surface area contributed by atoms with Crippen LogP contribution in [0.15, 0.2) is 0 Å². The van der Waals surface area contributed by atoms with Crippen molar-refractivity contribution in [3.63, 3.8) is 0 Å². The summed E-state index contributed by atoms with van der Waals surface area (Å²) in [6.45, 7) is 7.76. The highest BCUT2D eigenvalue weighted by Crippen LogP contribution is 2.30. The lowest BCUT2D eigenvalue weighted by Crippen LogP contribution is -2.28. The number of carbonyl (C=O) groups is 2. The Morgan fingerprint density at radius 3 is 1.63 bits per heavy atom. The molecule has 0 amide bonds. The summed E-state index contributed by atoms with van der Waals surface area (Å²) >= 11 is 0. The first-order valence-corrected chi connectivity index (χ1v) is 11.4. The normalized spacial score (nSPS) is 19.9. The summed E-state index contributed by atoms with van der Waals surface area (Å²) in [5.41, 5.74) is 0. The third-order valence-electron chi connectivity index (χ3n) is 5.56. The van der Waals surface area contributed by atoms with Gasteiger partial charge in [0.15, 0.2) is 0 Å². The predicted molar refractivity (Wildman–Crippen MR) is 109 cm³/mol. The van der Waals surface area contributed by atoms with Crippen LogP contribution < -0.4 is 0 Å². The van der Waals surface area contributed by atoms with E-state index < -0.39 is 0 Å². The zero-order chi connectivity index (χ0) is 19.9. The second kappa shape index (κ2) is 14.9. The van der Waals surface area contributed by atoms with Gasteiger partial charge in [0.05, 0.1) is 25.0 Å². The highest BCUT2D eigenvalue weighted by atomic mass is 16.5. The fourth-order valence-corrected chi connectivity index (χ4v) is 3.68. The number of ether oxygens (including phenoxy) is 2. The summed E-state index contributed by atoms with van der Waals surface area (Å²) in [5, 5.41) is 0. The molecule has 0 aromatic carbocycles. The Balaban J connectivity index is 2.06. The fraction of sp³-hybridized carbons (Fsp3) is 0.913. The van der Waals surface area contributed by atoms with E-state index in [1.807, 2.05) is 0 Å². The van der Waals surface area contributed by atoms with Gasteiger partial charge in [-0.25, -0.2) is 0 Å². The first kappa shape index (κ1) is 24.0. The van der Waals surface area contributed by atoms with Crippen molar-refractivity contribution in [1.82, 2.24) is 0 Å². The fourth-order valence-electron chi connectivity index (χ4n) is 3.68. The van der Waals surface area contributed by atoms with Crippen molar-refractivity contribution in [1.29, 1.82) is 0 Å². The first-order valence-electron chi connectivity index (χ1n) is 11.4. The van der Waals surface area contributed by atoms with Crippen LogP contribution >= 0.6 is 0 Å². The van der Waals surface area contributed by atoms with Gasteiger partial charge in [0.1, 0.15) is 0 Å². The van der Waals surface area contributed by atoms with Gasteiger partial charge in [-0.2, -0.15) is 0 Å². The molecule has 1 aliphatic rings. The molecule has 1 fully saturated rings. The number of carbonyl (C=O) groups excluding carboxylic acids is 2. The molecule has 27 heavy (non-hydrogen) atoms.